The summed E-state index contributed by atoms with van der Waals surface area (Å²) >= 11 is 0. The van der Waals surface area contributed by atoms with Gasteiger partial charge in [0.1, 0.15) is 13.2 Å². The molecule has 1 atom stereocenters. The third-order valence-electron chi connectivity index (χ3n) is 11.8. The van der Waals surface area contributed by atoms with Gasteiger partial charge >= 0.3 is 17.9 Å². The molecule has 0 heterocycles. The minimum Gasteiger partial charge on any atom is -0.462 e. The van der Waals surface area contributed by atoms with Crippen LogP contribution >= 0.6 is 0 Å². The van der Waals surface area contributed by atoms with E-state index in [1.165, 1.54) is 103 Å². The Bertz CT molecular complexity index is 1420. The Morgan fingerprint density at radius 1 is 0.304 bits per heavy atom. The quantitative estimate of drug-likeness (QED) is 0.0262. The molecule has 0 aromatic carbocycles. The van der Waals surface area contributed by atoms with Crippen LogP contribution in [0.1, 0.15) is 252 Å². The van der Waals surface area contributed by atoms with Gasteiger partial charge in [-0.2, -0.15) is 0 Å². The molecular formula is C63H104O6. The number of carbonyl (C=O) groups is 3. The van der Waals surface area contributed by atoms with Crippen LogP contribution in [0.5, 0.6) is 0 Å². The van der Waals surface area contributed by atoms with Gasteiger partial charge in [0.15, 0.2) is 6.10 Å². The molecule has 0 aliphatic heterocycles. The normalized spacial score (nSPS) is 12.9. The van der Waals surface area contributed by atoms with E-state index in [4.69, 9.17) is 14.2 Å². The van der Waals surface area contributed by atoms with E-state index in [9.17, 15) is 14.4 Å². The lowest BCUT2D eigenvalue weighted by molar-refractivity contribution is -0.167. The smallest absolute Gasteiger partial charge is 0.306 e. The van der Waals surface area contributed by atoms with Crippen molar-refractivity contribution >= 4 is 17.9 Å². The predicted molar refractivity (Wildman–Crippen MR) is 297 cm³/mol. The molecule has 0 saturated carbocycles. The van der Waals surface area contributed by atoms with Crippen LogP contribution in [-0.2, 0) is 28.6 Å². The fourth-order valence-electron chi connectivity index (χ4n) is 7.56. The van der Waals surface area contributed by atoms with E-state index in [0.717, 1.165) is 103 Å². The zero-order chi connectivity index (χ0) is 50.0. The second-order valence-corrected chi connectivity index (χ2v) is 18.5. The fraction of sp³-hybridized carbons (Fsp3) is 0.667. The lowest BCUT2D eigenvalue weighted by Gasteiger charge is -2.18. The number of unbranched alkanes of at least 4 members (excludes halogenated alkanes) is 21. The zero-order valence-corrected chi connectivity index (χ0v) is 44.8. The van der Waals surface area contributed by atoms with Gasteiger partial charge in [0, 0.05) is 19.3 Å². The zero-order valence-electron chi connectivity index (χ0n) is 44.8. The Hall–Kier alpha value is -3.93. The second kappa shape index (κ2) is 56.7. The Morgan fingerprint density at radius 3 is 0.884 bits per heavy atom. The summed E-state index contributed by atoms with van der Waals surface area (Å²) < 4.78 is 16.7. The van der Waals surface area contributed by atoms with Crippen LogP contribution in [0.15, 0.2) is 109 Å². The Kier molecular flexibility index (Phi) is 53.4. The monoisotopic (exact) mass is 957 g/mol. The van der Waals surface area contributed by atoms with Gasteiger partial charge in [-0.05, 0) is 83.5 Å². The number of hydrogen-bond donors (Lipinski definition) is 0. The lowest BCUT2D eigenvalue weighted by Crippen LogP contribution is -2.30. The molecule has 0 rings (SSSR count). The Labute approximate surface area is 425 Å². The molecule has 0 spiro atoms. The molecule has 392 valence electrons. The number of allylic oxidation sites excluding steroid dienone is 18. The largest absolute Gasteiger partial charge is 0.462 e. The standard InChI is InChI=1S/C63H104O6/c1-4-7-10-13-16-18-20-22-24-26-27-28-29-30-31-32-33-34-35-36-37-38-40-41-43-45-47-50-53-56-62(65)68-59-60(58-67-61(64)55-52-49-15-12-9-6-3)69-63(66)57-54-51-48-46-44-42-39-25-23-21-19-17-14-11-8-5-2/h7,10,16,18,22,24,27-28,30-31,33-34,36-37,40-41,45,47,60H,4-6,8-9,11-15,17,19-21,23,25-26,29,32,35,38-39,42-44,46,48-59H2,1-3H3/b10-7-,18-16-,24-22-,28-27-,31-30-,34-33-,37-36-,41-40-,47-45-. The maximum atomic E-state index is 12.8. The second-order valence-electron chi connectivity index (χ2n) is 18.5. The highest BCUT2D eigenvalue weighted by atomic mass is 16.6. The number of hydrogen-bond acceptors (Lipinski definition) is 6. The first kappa shape index (κ1) is 65.1. The van der Waals surface area contributed by atoms with E-state index in [0.29, 0.717) is 19.3 Å². The molecular weight excluding hydrogens is 853 g/mol. The minimum absolute atomic E-state index is 0.0951. The topological polar surface area (TPSA) is 78.9 Å². The Morgan fingerprint density at radius 2 is 0.565 bits per heavy atom. The summed E-state index contributed by atoms with van der Waals surface area (Å²) in [6.07, 6.45) is 76.9. The summed E-state index contributed by atoms with van der Waals surface area (Å²) in [5.41, 5.74) is 0. The van der Waals surface area contributed by atoms with E-state index in [1.807, 2.05) is 0 Å². The minimum atomic E-state index is -0.797. The van der Waals surface area contributed by atoms with Crippen molar-refractivity contribution in [1.29, 1.82) is 0 Å². The van der Waals surface area contributed by atoms with Crippen molar-refractivity contribution in [3.63, 3.8) is 0 Å². The van der Waals surface area contributed by atoms with E-state index in [2.05, 4.69) is 130 Å². The van der Waals surface area contributed by atoms with Crippen LogP contribution in [-0.4, -0.2) is 37.2 Å². The van der Waals surface area contributed by atoms with Gasteiger partial charge in [-0.3, -0.25) is 14.4 Å². The Balaban J connectivity index is 4.26. The van der Waals surface area contributed by atoms with Gasteiger partial charge in [0.05, 0.1) is 0 Å². The highest BCUT2D eigenvalue weighted by Crippen LogP contribution is 2.15. The summed E-state index contributed by atoms with van der Waals surface area (Å²) in [7, 11) is 0. The molecule has 0 aromatic rings. The maximum Gasteiger partial charge on any atom is 0.306 e. The number of rotatable bonds is 50. The highest BCUT2D eigenvalue weighted by Gasteiger charge is 2.19. The van der Waals surface area contributed by atoms with Crippen molar-refractivity contribution in [3.8, 4) is 0 Å². The SMILES string of the molecule is CC/C=C\C/C=C\C/C=C\C/C=C\C/C=C\C/C=C\C/C=C\C/C=C\C/C=C\CCCC(=O)OCC(COC(=O)CCCCCCCC)OC(=O)CCCCCCCCCCCCCCCCCC. The molecule has 69 heavy (non-hydrogen) atoms. The van der Waals surface area contributed by atoms with Gasteiger partial charge in [-0.25, -0.2) is 0 Å². The van der Waals surface area contributed by atoms with Crippen LogP contribution < -0.4 is 0 Å². The molecule has 0 aliphatic carbocycles. The predicted octanol–water partition coefficient (Wildman–Crippen LogP) is 19.1. The fourth-order valence-corrected chi connectivity index (χ4v) is 7.56. The summed E-state index contributed by atoms with van der Waals surface area (Å²) in [5.74, 6) is -0.966. The van der Waals surface area contributed by atoms with E-state index < -0.39 is 6.10 Å². The first-order chi connectivity index (χ1) is 34.0. The summed E-state index contributed by atoms with van der Waals surface area (Å²) in [6.45, 7) is 6.42. The molecule has 6 nitrogen and oxygen atoms in total. The maximum absolute atomic E-state index is 12.8. The summed E-state index contributed by atoms with van der Waals surface area (Å²) in [4.78, 5) is 37.8. The molecule has 0 aromatic heterocycles. The van der Waals surface area contributed by atoms with Crippen molar-refractivity contribution < 1.29 is 28.6 Å². The van der Waals surface area contributed by atoms with Gasteiger partial charge < -0.3 is 14.2 Å². The molecule has 6 heteroatoms. The molecule has 0 radical (unpaired) electrons. The van der Waals surface area contributed by atoms with Crippen molar-refractivity contribution in [1.82, 2.24) is 0 Å². The first-order valence-corrected chi connectivity index (χ1v) is 28.4. The van der Waals surface area contributed by atoms with Gasteiger partial charge in [-0.1, -0.05) is 259 Å². The van der Waals surface area contributed by atoms with Gasteiger partial charge in [-0.15, -0.1) is 0 Å². The molecule has 0 bridgehead atoms. The van der Waals surface area contributed by atoms with E-state index in [-0.39, 0.29) is 37.5 Å². The molecule has 0 aliphatic rings. The van der Waals surface area contributed by atoms with E-state index >= 15 is 0 Å². The van der Waals surface area contributed by atoms with Crippen molar-refractivity contribution in [2.45, 2.75) is 258 Å². The van der Waals surface area contributed by atoms with Gasteiger partial charge in [0.2, 0.25) is 0 Å². The van der Waals surface area contributed by atoms with Crippen LogP contribution in [0.25, 0.3) is 0 Å². The van der Waals surface area contributed by atoms with Crippen LogP contribution in [0.2, 0.25) is 0 Å². The van der Waals surface area contributed by atoms with E-state index in [1.54, 1.807) is 0 Å². The molecule has 0 fully saturated rings. The van der Waals surface area contributed by atoms with Crippen LogP contribution in [0, 0.1) is 0 Å². The van der Waals surface area contributed by atoms with Crippen LogP contribution in [0.3, 0.4) is 0 Å². The average Bonchev–Trinajstić information content (AvgIpc) is 3.35. The van der Waals surface area contributed by atoms with Crippen molar-refractivity contribution in [2.24, 2.45) is 0 Å². The molecule has 0 N–H and O–H groups in total. The third-order valence-corrected chi connectivity index (χ3v) is 11.8. The number of esters is 3. The number of ether oxygens (including phenoxy) is 3. The molecule has 0 amide bonds. The molecule has 1 unspecified atom stereocenters. The first-order valence-electron chi connectivity index (χ1n) is 28.4. The lowest BCUT2D eigenvalue weighted by atomic mass is 10.0. The average molecular weight is 958 g/mol. The van der Waals surface area contributed by atoms with Crippen molar-refractivity contribution in [2.75, 3.05) is 13.2 Å². The summed E-state index contributed by atoms with van der Waals surface area (Å²) in [6, 6.07) is 0. The molecule has 0 saturated heterocycles. The van der Waals surface area contributed by atoms with Crippen LogP contribution in [0.4, 0.5) is 0 Å². The number of carbonyl (C=O) groups excluding carboxylic acids is 3. The van der Waals surface area contributed by atoms with Gasteiger partial charge in [0.25, 0.3) is 0 Å². The third kappa shape index (κ3) is 54.9. The highest BCUT2D eigenvalue weighted by molar-refractivity contribution is 5.71. The van der Waals surface area contributed by atoms with Crippen molar-refractivity contribution in [3.05, 3.63) is 109 Å². The summed E-state index contributed by atoms with van der Waals surface area (Å²) in [5, 5.41) is 0.